The summed E-state index contributed by atoms with van der Waals surface area (Å²) in [5.74, 6) is -3.99. The molecule has 1 aliphatic rings. The van der Waals surface area contributed by atoms with Crippen molar-refractivity contribution in [2.24, 2.45) is 0 Å². The molecule has 1 heterocycles. The predicted octanol–water partition coefficient (Wildman–Crippen LogP) is 1.77. The van der Waals surface area contributed by atoms with Gasteiger partial charge in [0.1, 0.15) is 0 Å². The van der Waals surface area contributed by atoms with Crippen molar-refractivity contribution in [3.05, 3.63) is 78.1 Å². The van der Waals surface area contributed by atoms with Crippen molar-refractivity contribution in [3.63, 3.8) is 0 Å². The first-order valence-electron chi connectivity index (χ1n) is 7.29. The summed E-state index contributed by atoms with van der Waals surface area (Å²) in [5, 5.41) is 0. The molecule has 0 radical (unpaired) electrons. The van der Waals surface area contributed by atoms with E-state index >= 15 is 0 Å². The van der Waals surface area contributed by atoms with Crippen LogP contribution in [-0.4, -0.2) is 30.2 Å². The van der Waals surface area contributed by atoms with E-state index in [1.165, 1.54) is 18.2 Å². The molecule has 0 aromatic heterocycles. The molecule has 0 saturated carbocycles. The Hall–Kier alpha value is -1.72. The van der Waals surface area contributed by atoms with Crippen molar-refractivity contribution in [3.8, 4) is 0 Å². The molecule has 0 bridgehead atoms. The minimum atomic E-state index is -3.71. The van der Waals surface area contributed by atoms with Gasteiger partial charge in [-0.15, -0.1) is 0 Å². The summed E-state index contributed by atoms with van der Waals surface area (Å²) in [7, 11) is -3.71. The molecule has 0 saturated heterocycles. The van der Waals surface area contributed by atoms with Crippen LogP contribution in [0.4, 0.5) is 13.2 Å². The zero-order valence-corrected chi connectivity index (χ0v) is 16.9. The van der Waals surface area contributed by atoms with Gasteiger partial charge in [0.2, 0.25) is 0 Å². The van der Waals surface area contributed by atoms with E-state index in [9.17, 15) is 21.6 Å². The van der Waals surface area contributed by atoms with Gasteiger partial charge in [-0.05, 0) is 0 Å². The van der Waals surface area contributed by atoms with Crippen LogP contribution in [0, 0.1) is 17.5 Å². The normalized spacial score (nSPS) is 15.5. The van der Waals surface area contributed by atoms with Crippen LogP contribution in [-0.2, 0) is 9.84 Å². The van der Waals surface area contributed by atoms with Gasteiger partial charge in [0.25, 0.3) is 0 Å². The maximum atomic E-state index is 14.5. The third-order valence-electron chi connectivity index (χ3n) is 4.05. The number of rotatable bonds is 1. The molecular weight excluding hydrogens is 546 g/mol. The van der Waals surface area contributed by atoms with Crippen LogP contribution in [0.1, 0.15) is 0 Å². The zero-order valence-electron chi connectivity index (χ0n) is 12.6. The van der Waals surface area contributed by atoms with Crippen LogP contribution < -0.4 is 9.81 Å². The van der Waals surface area contributed by atoms with Crippen LogP contribution in [0.15, 0.2) is 70.5 Å². The first-order chi connectivity index (χ1) is 11.9. The topological polar surface area (TPSA) is 34.1 Å². The van der Waals surface area contributed by atoms with Crippen molar-refractivity contribution < 1.29 is 21.6 Å². The monoisotopic (exact) mass is 556 g/mol. The summed E-state index contributed by atoms with van der Waals surface area (Å²) in [4.78, 5) is 0.270. The molecule has 0 spiro atoms. The van der Waals surface area contributed by atoms with E-state index in [1.807, 2.05) is 0 Å². The predicted molar refractivity (Wildman–Crippen MR) is 89.3 cm³/mol. The second kappa shape index (κ2) is 5.92. The van der Waals surface area contributed by atoms with Crippen molar-refractivity contribution in [2.75, 3.05) is 0 Å². The van der Waals surface area contributed by atoms with Crippen molar-refractivity contribution in [1.82, 2.24) is 0 Å². The third-order valence-corrected chi connectivity index (χ3v) is 17.1. The summed E-state index contributed by atoms with van der Waals surface area (Å²) in [6, 6.07) is 15.0. The van der Waals surface area contributed by atoms with Crippen LogP contribution in [0.5, 0.6) is 0 Å². The van der Waals surface area contributed by atoms with Gasteiger partial charge in [-0.1, -0.05) is 0 Å². The number of hydrogen-bond acceptors (Lipinski definition) is 2. The molecule has 2 nitrogen and oxygen atoms in total. The van der Waals surface area contributed by atoms with Crippen LogP contribution in [0.25, 0.3) is 0 Å². The fourth-order valence-corrected chi connectivity index (χ4v) is 17.9. The van der Waals surface area contributed by atoms with Gasteiger partial charge in [0.15, 0.2) is 0 Å². The third kappa shape index (κ3) is 2.44. The summed E-state index contributed by atoms with van der Waals surface area (Å²) >= 11 is -3.44. The minimum absolute atomic E-state index is 0.101. The fraction of sp³-hybridized carbons (Fsp3) is 0. The van der Waals surface area contributed by atoms with Gasteiger partial charge in [0, 0.05) is 0 Å². The van der Waals surface area contributed by atoms with E-state index in [0.29, 0.717) is 6.54 Å². The summed E-state index contributed by atoms with van der Waals surface area (Å²) in [6.07, 6.45) is 0. The van der Waals surface area contributed by atoms with Gasteiger partial charge in [-0.25, -0.2) is 0 Å². The Labute approximate surface area is 150 Å². The molecule has 7 heteroatoms. The van der Waals surface area contributed by atoms with E-state index in [1.54, 1.807) is 36.4 Å². The Morgan fingerprint density at radius 1 is 0.640 bits per heavy atom. The second-order valence-electron chi connectivity index (χ2n) is 5.47. The van der Waals surface area contributed by atoms with E-state index in [0.717, 1.165) is 6.07 Å². The molecule has 25 heavy (non-hydrogen) atoms. The van der Waals surface area contributed by atoms with Gasteiger partial charge < -0.3 is 0 Å². The summed E-state index contributed by atoms with van der Waals surface area (Å²) < 4.78 is 68.6. The number of fused-ring (bicyclic) bond motifs is 2. The van der Waals surface area contributed by atoms with Gasteiger partial charge in [-0.2, -0.15) is 0 Å². The van der Waals surface area contributed by atoms with Gasteiger partial charge >= 0.3 is 151 Å². The molecule has 0 N–H and O–H groups in total. The zero-order chi connectivity index (χ0) is 17.8. The molecule has 0 aliphatic carbocycles. The molecule has 0 atom stereocenters. The van der Waals surface area contributed by atoms with E-state index < -0.39 is 49.0 Å². The standard InChI is InChI=1S/C12H8O2S.C6H2F3.Bi/c13-15(14,11-7-3-1-4-8-11)12-9-5-2-6-10-12;7-4-2-1-3-5(8)6(4)9;/h1-7,9H;1-2H;. The molecule has 0 amide bonds. The molecule has 3 aromatic carbocycles. The van der Waals surface area contributed by atoms with Crippen molar-refractivity contribution >= 4 is 41.4 Å². The quantitative estimate of drug-likeness (QED) is 0.265. The number of benzene rings is 3. The van der Waals surface area contributed by atoms with Crippen molar-refractivity contribution in [2.45, 2.75) is 9.79 Å². The van der Waals surface area contributed by atoms with E-state index in [4.69, 9.17) is 0 Å². The molecule has 0 fully saturated rings. The molecule has 0 unspecified atom stereocenters. The average molecular weight is 556 g/mol. The first-order valence-corrected chi connectivity index (χ1v) is 14.0. The fourth-order valence-electron chi connectivity index (χ4n) is 2.93. The Morgan fingerprint density at radius 3 is 1.72 bits per heavy atom. The maximum absolute atomic E-state index is 14.5. The molecule has 4 rings (SSSR count). The SMILES string of the molecule is O=S1(=O)c2cccc[c]2[Bi]([c]2ccc(F)c(F)c2F)[c]2ccccc21. The molecule has 126 valence electrons. The Balaban J connectivity index is 2.10. The van der Waals surface area contributed by atoms with E-state index in [-0.39, 0.29) is 13.1 Å². The Morgan fingerprint density at radius 2 is 1.16 bits per heavy atom. The van der Waals surface area contributed by atoms with Crippen molar-refractivity contribution in [1.29, 1.82) is 0 Å². The van der Waals surface area contributed by atoms with E-state index in [2.05, 4.69) is 0 Å². The molecule has 1 aliphatic heterocycles. The number of halogens is 3. The molecule has 3 aromatic rings. The Bertz CT molecular complexity index is 1060. The second-order valence-corrected chi connectivity index (χ2v) is 15.6. The summed E-state index contributed by atoms with van der Waals surface area (Å²) in [6.45, 7) is 0. The van der Waals surface area contributed by atoms with Gasteiger partial charge in [0.05, 0.1) is 0 Å². The number of hydrogen-bond donors (Lipinski definition) is 0. The van der Waals surface area contributed by atoms with Crippen LogP contribution in [0.3, 0.4) is 0 Å². The van der Waals surface area contributed by atoms with Crippen LogP contribution in [0.2, 0.25) is 0 Å². The summed E-state index contributed by atoms with van der Waals surface area (Å²) in [5.41, 5.74) is 0. The molecular formula is C18H10BiF3O2S. The Kier molecular flexibility index (Phi) is 3.96. The first kappa shape index (κ1) is 16.7. The van der Waals surface area contributed by atoms with Crippen LogP contribution >= 0.6 is 0 Å². The van der Waals surface area contributed by atoms with Gasteiger partial charge in [-0.3, -0.25) is 0 Å². The number of sulfone groups is 1. The average Bonchev–Trinajstić information content (AvgIpc) is 2.62.